The van der Waals surface area contributed by atoms with E-state index in [1.54, 1.807) is 0 Å². The molecule has 0 N–H and O–H groups in total. The Bertz CT molecular complexity index is 456. The number of hydrogen-bond donors (Lipinski definition) is 0. The summed E-state index contributed by atoms with van der Waals surface area (Å²) in [5, 5.41) is 11.8. The SMILES string of the molecule is CCCC1CCC(C(=O)[O-])(c2cccc(CC)c2)CC1. The number of aliphatic carboxylic acids is 1. The van der Waals surface area contributed by atoms with Crippen LogP contribution in [0, 0.1) is 5.92 Å². The third kappa shape index (κ3) is 2.89. The van der Waals surface area contributed by atoms with Crippen molar-refractivity contribution in [3.63, 3.8) is 0 Å². The Labute approximate surface area is 122 Å². The van der Waals surface area contributed by atoms with Gasteiger partial charge in [-0.05, 0) is 49.1 Å². The Kier molecular flexibility index (Phi) is 4.85. The predicted octanol–water partition coefficient (Wildman–Crippen LogP) is 3.23. The fourth-order valence-electron chi connectivity index (χ4n) is 3.57. The molecule has 0 atom stereocenters. The van der Waals surface area contributed by atoms with E-state index in [1.165, 1.54) is 18.4 Å². The van der Waals surface area contributed by atoms with Gasteiger partial charge >= 0.3 is 0 Å². The van der Waals surface area contributed by atoms with E-state index in [0.717, 1.165) is 37.7 Å². The van der Waals surface area contributed by atoms with Crippen molar-refractivity contribution in [3.05, 3.63) is 35.4 Å². The maximum Gasteiger partial charge on any atom is 0.0520 e. The van der Waals surface area contributed by atoms with Crippen LogP contribution < -0.4 is 5.11 Å². The van der Waals surface area contributed by atoms with Gasteiger partial charge in [-0.3, -0.25) is 0 Å². The predicted molar refractivity (Wildman–Crippen MR) is 79.4 cm³/mol. The lowest BCUT2D eigenvalue weighted by Crippen LogP contribution is -2.48. The van der Waals surface area contributed by atoms with Crippen LogP contribution in [0.15, 0.2) is 24.3 Å². The fourth-order valence-corrected chi connectivity index (χ4v) is 3.57. The van der Waals surface area contributed by atoms with E-state index in [2.05, 4.69) is 26.0 Å². The monoisotopic (exact) mass is 273 g/mol. The number of carboxylic acid groups (broad SMARTS) is 1. The Morgan fingerprint density at radius 2 is 2.00 bits per heavy atom. The quantitative estimate of drug-likeness (QED) is 0.826. The van der Waals surface area contributed by atoms with Crippen LogP contribution in [0.4, 0.5) is 0 Å². The molecule has 0 radical (unpaired) electrons. The van der Waals surface area contributed by atoms with Gasteiger partial charge in [-0.15, -0.1) is 0 Å². The maximum absolute atomic E-state index is 11.8. The van der Waals surface area contributed by atoms with E-state index >= 15 is 0 Å². The minimum Gasteiger partial charge on any atom is -0.549 e. The first-order valence-corrected chi connectivity index (χ1v) is 7.93. The first-order chi connectivity index (χ1) is 9.62. The molecule has 1 aromatic rings. The van der Waals surface area contributed by atoms with Crippen molar-refractivity contribution in [2.45, 2.75) is 64.2 Å². The number of carboxylic acids is 1. The van der Waals surface area contributed by atoms with Gasteiger partial charge in [0, 0.05) is 5.41 Å². The zero-order chi connectivity index (χ0) is 14.6. The molecule has 0 unspecified atom stereocenters. The minimum atomic E-state index is -0.888. The molecule has 2 heteroatoms. The van der Waals surface area contributed by atoms with E-state index in [0.29, 0.717) is 5.92 Å². The summed E-state index contributed by atoms with van der Waals surface area (Å²) < 4.78 is 0. The molecular weight excluding hydrogens is 248 g/mol. The Morgan fingerprint density at radius 1 is 1.30 bits per heavy atom. The van der Waals surface area contributed by atoms with Crippen LogP contribution >= 0.6 is 0 Å². The van der Waals surface area contributed by atoms with E-state index in [4.69, 9.17) is 0 Å². The summed E-state index contributed by atoms with van der Waals surface area (Å²) in [5.41, 5.74) is 1.40. The summed E-state index contributed by atoms with van der Waals surface area (Å²) in [6, 6.07) is 8.08. The summed E-state index contributed by atoms with van der Waals surface area (Å²) in [6.45, 7) is 4.30. The highest BCUT2D eigenvalue weighted by atomic mass is 16.4. The van der Waals surface area contributed by atoms with Crippen molar-refractivity contribution >= 4 is 5.97 Å². The van der Waals surface area contributed by atoms with Crippen LogP contribution in [0.3, 0.4) is 0 Å². The molecule has 1 aliphatic rings. The van der Waals surface area contributed by atoms with E-state index in [9.17, 15) is 9.90 Å². The molecule has 1 fully saturated rings. The lowest BCUT2D eigenvalue weighted by atomic mass is 9.66. The third-order valence-electron chi connectivity index (χ3n) is 4.93. The van der Waals surface area contributed by atoms with Gasteiger partial charge in [0.05, 0.1) is 5.97 Å². The third-order valence-corrected chi connectivity index (χ3v) is 4.93. The minimum absolute atomic E-state index is 0.696. The highest BCUT2D eigenvalue weighted by Gasteiger charge is 2.38. The number of aryl methyl sites for hydroxylation is 1. The average molecular weight is 273 g/mol. The van der Waals surface area contributed by atoms with E-state index in [1.807, 2.05) is 12.1 Å². The first kappa shape index (κ1) is 15.1. The summed E-state index contributed by atoms with van der Waals surface area (Å²) in [7, 11) is 0. The second kappa shape index (κ2) is 6.43. The van der Waals surface area contributed by atoms with Gasteiger partial charge in [0.25, 0.3) is 0 Å². The van der Waals surface area contributed by atoms with E-state index in [-0.39, 0.29) is 0 Å². The second-order valence-corrected chi connectivity index (χ2v) is 6.16. The van der Waals surface area contributed by atoms with Crippen LogP contribution in [0.25, 0.3) is 0 Å². The summed E-state index contributed by atoms with van der Waals surface area (Å²) in [6.07, 6.45) is 6.83. The zero-order valence-electron chi connectivity index (χ0n) is 12.7. The molecule has 0 aromatic heterocycles. The molecule has 0 bridgehead atoms. The van der Waals surface area contributed by atoms with Gasteiger partial charge in [-0.2, -0.15) is 0 Å². The van der Waals surface area contributed by atoms with Crippen LogP contribution in [0.5, 0.6) is 0 Å². The Hall–Kier alpha value is -1.31. The molecule has 1 aliphatic carbocycles. The average Bonchev–Trinajstić information content (AvgIpc) is 2.48. The van der Waals surface area contributed by atoms with Crippen molar-refractivity contribution in [2.75, 3.05) is 0 Å². The number of carbonyl (C=O) groups is 1. The van der Waals surface area contributed by atoms with Gasteiger partial charge in [0.2, 0.25) is 0 Å². The number of rotatable bonds is 5. The topological polar surface area (TPSA) is 40.1 Å². The van der Waals surface area contributed by atoms with Crippen molar-refractivity contribution in [2.24, 2.45) is 5.92 Å². The summed E-state index contributed by atoms with van der Waals surface area (Å²) in [5.74, 6) is -0.192. The maximum atomic E-state index is 11.8. The lowest BCUT2D eigenvalue weighted by molar-refractivity contribution is -0.315. The standard InChI is InChI=1S/C18H26O2/c1-3-6-15-9-11-18(12-10-15,17(19)20)16-8-5-7-14(4-2)13-16/h5,7-8,13,15H,3-4,6,9-12H2,1-2H3,(H,19,20)/p-1. The number of hydrogen-bond acceptors (Lipinski definition) is 2. The highest BCUT2D eigenvalue weighted by molar-refractivity contribution is 5.79. The fraction of sp³-hybridized carbons (Fsp3) is 0.611. The molecule has 1 aromatic carbocycles. The van der Waals surface area contributed by atoms with Crippen molar-refractivity contribution < 1.29 is 9.90 Å². The van der Waals surface area contributed by atoms with Crippen LogP contribution in [0.2, 0.25) is 0 Å². The highest BCUT2D eigenvalue weighted by Crippen LogP contribution is 2.42. The number of benzene rings is 1. The van der Waals surface area contributed by atoms with Crippen LogP contribution in [-0.4, -0.2) is 5.97 Å². The van der Waals surface area contributed by atoms with Gasteiger partial charge in [-0.25, -0.2) is 0 Å². The smallest absolute Gasteiger partial charge is 0.0520 e. The molecular formula is C18H25O2-. The summed E-state index contributed by atoms with van der Waals surface area (Å²) >= 11 is 0. The molecule has 0 aliphatic heterocycles. The Morgan fingerprint density at radius 3 is 2.55 bits per heavy atom. The van der Waals surface area contributed by atoms with Gasteiger partial charge in [0.1, 0.15) is 0 Å². The molecule has 110 valence electrons. The zero-order valence-corrected chi connectivity index (χ0v) is 12.7. The van der Waals surface area contributed by atoms with Crippen LogP contribution in [0.1, 0.15) is 63.5 Å². The molecule has 1 saturated carbocycles. The molecule has 2 nitrogen and oxygen atoms in total. The van der Waals surface area contributed by atoms with Gasteiger partial charge < -0.3 is 9.90 Å². The molecule has 0 amide bonds. The van der Waals surface area contributed by atoms with Crippen LogP contribution in [-0.2, 0) is 16.6 Å². The van der Waals surface area contributed by atoms with Crippen molar-refractivity contribution in [1.82, 2.24) is 0 Å². The van der Waals surface area contributed by atoms with Crippen molar-refractivity contribution in [3.8, 4) is 0 Å². The van der Waals surface area contributed by atoms with Gasteiger partial charge in [0.15, 0.2) is 0 Å². The molecule has 2 rings (SSSR count). The summed E-state index contributed by atoms with van der Waals surface area (Å²) in [4.78, 5) is 11.8. The molecule has 20 heavy (non-hydrogen) atoms. The molecule has 0 spiro atoms. The largest absolute Gasteiger partial charge is 0.549 e. The van der Waals surface area contributed by atoms with Gasteiger partial charge in [-0.1, -0.05) is 51.0 Å². The molecule has 0 heterocycles. The molecule has 0 saturated heterocycles. The van der Waals surface area contributed by atoms with Crippen molar-refractivity contribution in [1.29, 1.82) is 0 Å². The Balaban J connectivity index is 2.25. The van der Waals surface area contributed by atoms with E-state index < -0.39 is 11.4 Å². The normalized spacial score (nSPS) is 26.4. The lowest BCUT2D eigenvalue weighted by Gasteiger charge is -2.41. The second-order valence-electron chi connectivity index (χ2n) is 6.16. The first-order valence-electron chi connectivity index (χ1n) is 7.93. The number of carbonyl (C=O) groups excluding carboxylic acids is 1.